The molecule has 6 nitrogen and oxygen atoms in total. The summed E-state index contributed by atoms with van der Waals surface area (Å²) in [6.45, 7) is -0.270. The molecule has 3 fully saturated rings. The third-order valence-corrected chi connectivity index (χ3v) is 6.61. The Balaban J connectivity index is 1.16. The summed E-state index contributed by atoms with van der Waals surface area (Å²) in [5.74, 6) is -1.75. The number of carbonyl (C=O) groups excluding carboxylic acids is 2. The van der Waals surface area contributed by atoms with E-state index < -0.39 is 17.1 Å². The first-order valence-corrected chi connectivity index (χ1v) is 10.7. The Bertz CT molecular complexity index is 1350. The number of amides is 1. The highest BCUT2D eigenvalue weighted by Gasteiger charge is 2.68. The van der Waals surface area contributed by atoms with Crippen LogP contribution in [0.25, 0.3) is 11.0 Å². The van der Waals surface area contributed by atoms with Crippen molar-refractivity contribution in [3.8, 4) is 5.75 Å². The van der Waals surface area contributed by atoms with Crippen LogP contribution in [0.5, 0.6) is 5.75 Å². The van der Waals surface area contributed by atoms with Gasteiger partial charge in [0.05, 0.1) is 10.4 Å². The molecule has 0 atom stereocenters. The van der Waals surface area contributed by atoms with Gasteiger partial charge in [0.25, 0.3) is 5.91 Å². The van der Waals surface area contributed by atoms with Crippen molar-refractivity contribution in [3.05, 3.63) is 75.1 Å². The minimum atomic E-state index is -0.631. The molecule has 0 unspecified atom stereocenters. The molecule has 1 aromatic heterocycles. The van der Waals surface area contributed by atoms with Crippen LogP contribution in [-0.2, 0) is 4.79 Å². The normalized spacial score (nSPS) is 22.9. The zero-order chi connectivity index (χ0) is 23.4. The van der Waals surface area contributed by atoms with Crippen LogP contribution >= 0.6 is 11.6 Å². The number of fused-ring (bicyclic) bond motifs is 1. The van der Waals surface area contributed by atoms with Gasteiger partial charge in [-0.05, 0) is 48.9 Å². The summed E-state index contributed by atoms with van der Waals surface area (Å²) in [7, 11) is 0. The number of rotatable bonds is 7. The van der Waals surface area contributed by atoms with Gasteiger partial charge in [0.15, 0.2) is 23.6 Å². The van der Waals surface area contributed by atoms with E-state index in [4.69, 9.17) is 20.8 Å². The first-order valence-electron chi connectivity index (χ1n) is 10.3. The largest absolute Gasteiger partial charge is 0.484 e. The van der Waals surface area contributed by atoms with E-state index in [1.165, 1.54) is 18.2 Å². The fourth-order valence-corrected chi connectivity index (χ4v) is 5.18. The van der Waals surface area contributed by atoms with Gasteiger partial charge in [-0.2, -0.15) is 0 Å². The van der Waals surface area contributed by atoms with Crippen molar-refractivity contribution in [3.63, 3.8) is 0 Å². The number of halogens is 3. The number of hydrogen-bond donors (Lipinski definition) is 1. The van der Waals surface area contributed by atoms with E-state index in [0.29, 0.717) is 19.3 Å². The topological polar surface area (TPSA) is 85.6 Å². The quantitative estimate of drug-likeness (QED) is 0.513. The van der Waals surface area contributed by atoms with Gasteiger partial charge in [-0.25, -0.2) is 8.78 Å². The Hall–Kier alpha value is -3.26. The number of hydrogen-bond acceptors (Lipinski definition) is 5. The predicted octanol–water partition coefficient (Wildman–Crippen LogP) is 4.42. The van der Waals surface area contributed by atoms with E-state index in [-0.39, 0.29) is 63.2 Å². The van der Waals surface area contributed by atoms with Crippen molar-refractivity contribution in [2.24, 2.45) is 5.41 Å². The van der Waals surface area contributed by atoms with Crippen LogP contribution in [0.1, 0.15) is 36.2 Å². The zero-order valence-corrected chi connectivity index (χ0v) is 18.0. The molecule has 0 spiro atoms. The molecule has 3 aliphatic rings. The number of Topliss-reactive ketones (excluding diaryl/α,β-unsaturated/α-hetero) is 1. The van der Waals surface area contributed by atoms with Crippen LogP contribution in [0.4, 0.5) is 8.78 Å². The molecule has 170 valence electrons. The van der Waals surface area contributed by atoms with Gasteiger partial charge in [0, 0.05) is 30.2 Å². The molecule has 33 heavy (non-hydrogen) atoms. The molecule has 1 heterocycles. The highest BCUT2D eigenvalue weighted by molar-refractivity contribution is 6.30. The fraction of sp³-hybridized carbons (Fsp3) is 0.292. The first kappa shape index (κ1) is 21.6. The van der Waals surface area contributed by atoms with Crippen molar-refractivity contribution in [1.82, 2.24) is 5.32 Å². The monoisotopic (exact) mass is 473 g/mol. The highest BCUT2D eigenvalue weighted by Crippen LogP contribution is 2.69. The van der Waals surface area contributed by atoms with Gasteiger partial charge >= 0.3 is 0 Å². The van der Waals surface area contributed by atoms with Gasteiger partial charge < -0.3 is 14.5 Å². The number of benzene rings is 2. The second kappa shape index (κ2) is 7.66. The predicted molar refractivity (Wildman–Crippen MR) is 115 cm³/mol. The molecular formula is C24H18ClF2NO5. The van der Waals surface area contributed by atoms with E-state index in [1.54, 1.807) is 0 Å². The van der Waals surface area contributed by atoms with E-state index >= 15 is 0 Å². The molecule has 1 amide bonds. The molecule has 1 N–H and O–H groups in total. The van der Waals surface area contributed by atoms with Crippen molar-refractivity contribution >= 4 is 34.3 Å². The molecule has 9 heteroatoms. The van der Waals surface area contributed by atoms with Gasteiger partial charge in [-0.3, -0.25) is 14.4 Å². The van der Waals surface area contributed by atoms with Crippen LogP contribution in [0.3, 0.4) is 0 Å². The zero-order valence-electron chi connectivity index (χ0n) is 17.3. The van der Waals surface area contributed by atoms with Gasteiger partial charge in [0.2, 0.25) is 0 Å². The Kier molecular flexibility index (Phi) is 5.01. The third-order valence-electron chi connectivity index (χ3n) is 6.31. The van der Waals surface area contributed by atoms with Crippen LogP contribution < -0.4 is 15.5 Å². The van der Waals surface area contributed by atoms with Crippen LogP contribution in [0.15, 0.2) is 51.7 Å². The van der Waals surface area contributed by atoms with Crippen LogP contribution in [0.2, 0.25) is 5.02 Å². The van der Waals surface area contributed by atoms with E-state index in [9.17, 15) is 23.2 Å². The third kappa shape index (κ3) is 3.99. The van der Waals surface area contributed by atoms with Crippen molar-refractivity contribution < 1.29 is 27.5 Å². The number of carbonyl (C=O) groups is 2. The lowest BCUT2D eigenvalue weighted by atomic mass is 9.38. The van der Waals surface area contributed by atoms with E-state index in [1.807, 2.05) is 0 Å². The summed E-state index contributed by atoms with van der Waals surface area (Å²) in [5.41, 5.74) is -0.992. The SMILES string of the molecule is O=C(COc1ccc(Cl)c(F)c1)NC12CC(CC(=O)c3cc(=O)c4ccc(F)cc4o3)(C1)C2. The Morgan fingerprint density at radius 2 is 1.85 bits per heavy atom. The van der Waals surface area contributed by atoms with Crippen molar-refractivity contribution in [2.45, 2.75) is 31.2 Å². The van der Waals surface area contributed by atoms with Crippen LogP contribution in [0, 0.1) is 17.0 Å². The van der Waals surface area contributed by atoms with E-state index in [2.05, 4.69) is 5.32 Å². The number of nitrogens with one attached hydrogen (secondary N) is 1. The molecule has 0 aliphatic heterocycles. The minimum Gasteiger partial charge on any atom is -0.484 e. The molecule has 2 aromatic carbocycles. The molecule has 2 bridgehead atoms. The fourth-order valence-electron chi connectivity index (χ4n) is 5.06. The van der Waals surface area contributed by atoms with Gasteiger partial charge in [-0.1, -0.05) is 11.6 Å². The smallest absolute Gasteiger partial charge is 0.258 e. The molecular weight excluding hydrogens is 456 g/mol. The van der Waals surface area contributed by atoms with Crippen molar-refractivity contribution in [1.29, 1.82) is 0 Å². The summed E-state index contributed by atoms with van der Waals surface area (Å²) in [4.78, 5) is 37.2. The van der Waals surface area contributed by atoms with Crippen LogP contribution in [-0.4, -0.2) is 23.8 Å². The first-order chi connectivity index (χ1) is 15.7. The lowest BCUT2D eigenvalue weighted by Gasteiger charge is -2.70. The number of ketones is 1. The lowest BCUT2D eigenvalue weighted by molar-refractivity contribution is -0.164. The maximum absolute atomic E-state index is 13.5. The summed E-state index contributed by atoms with van der Waals surface area (Å²) < 4.78 is 37.7. The summed E-state index contributed by atoms with van der Waals surface area (Å²) in [6.07, 6.45) is 2.05. The van der Waals surface area contributed by atoms with Gasteiger partial charge in [-0.15, -0.1) is 0 Å². The molecule has 3 aliphatic carbocycles. The average molecular weight is 474 g/mol. The maximum Gasteiger partial charge on any atom is 0.258 e. The number of ether oxygens (including phenoxy) is 1. The van der Waals surface area contributed by atoms with E-state index in [0.717, 1.165) is 24.3 Å². The lowest BCUT2D eigenvalue weighted by Crippen LogP contribution is -2.75. The molecule has 0 saturated heterocycles. The highest BCUT2D eigenvalue weighted by atomic mass is 35.5. The summed E-state index contributed by atoms with van der Waals surface area (Å²) in [6, 6.07) is 8.64. The molecule has 6 rings (SSSR count). The summed E-state index contributed by atoms with van der Waals surface area (Å²) >= 11 is 5.62. The summed E-state index contributed by atoms with van der Waals surface area (Å²) in [5, 5.41) is 3.10. The molecule has 0 radical (unpaired) electrons. The van der Waals surface area contributed by atoms with Gasteiger partial charge in [0.1, 0.15) is 23.0 Å². The minimum absolute atomic E-state index is 0.0318. The maximum atomic E-state index is 13.5. The Morgan fingerprint density at radius 3 is 2.58 bits per heavy atom. The second-order valence-corrected chi connectivity index (χ2v) is 9.35. The van der Waals surface area contributed by atoms with Crippen molar-refractivity contribution in [2.75, 3.05) is 6.61 Å². The average Bonchev–Trinajstić information content (AvgIpc) is 2.71. The Labute approximate surface area is 191 Å². The Morgan fingerprint density at radius 1 is 1.09 bits per heavy atom. The standard InChI is InChI=1S/C24H18ClF2NO5/c25-16-4-2-14(6-17(16)27)32-9-22(31)28-24-10-23(11-24,12-24)8-19(30)21-7-18(29)15-3-1-13(26)5-20(15)33-21/h1-7H,8-12H2,(H,28,31). The molecule has 3 aromatic rings. The second-order valence-electron chi connectivity index (χ2n) is 8.94. The molecule has 3 saturated carbocycles.